The topological polar surface area (TPSA) is 9.23 Å². The predicted molar refractivity (Wildman–Crippen MR) is 97.7 cm³/mol. The van der Waals surface area contributed by atoms with Crippen molar-refractivity contribution in [3.05, 3.63) is 77.6 Å². The molecule has 3 aromatic carbocycles. The Morgan fingerprint density at radius 3 is 2.00 bits per heavy atom. The first-order chi connectivity index (χ1) is 12.5. The molecule has 1 nitrogen and oxygen atoms in total. The third-order valence-corrected chi connectivity index (χ3v) is 4.30. The second kappa shape index (κ2) is 7.65. The van der Waals surface area contributed by atoms with E-state index in [-0.39, 0.29) is 23.5 Å². The van der Waals surface area contributed by atoms with Crippen LogP contribution in [0.5, 0.6) is 5.75 Å². The molecular formula is C22H19F3O. The van der Waals surface area contributed by atoms with Crippen molar-refractivity contribution in [3.63, 3.8) is 0 Å². The molecule has 0 aromatic heterocycles. The Hall–Kier alpha value is -2.75. The fraction of sp³-hybridized carbons (Fsp3) is 0.182. The molecule has 0 N–H and O–H groups in total. The number of rotatable bonds is 5. The van der Waals surface area contributed by atoms with Crippen LogP contribution in [-0.2, 0) is 6.42 Å². The van der Waals surface area contributed by atoms with Crippen LogP contribution in [0.15, 0.2) is 54.6 Å². The number of aryl methyl sites for hydroxylation is 1. The largest absolute Gasteiger partial charge is 0.491 e. The Morgan fingerprint density at radius 2 is 1.38 bits per heavy atom. The minimum Gasteiger partial charge on any atom is -0.491 e. The Morgan fingerprint density at radius 1 is 0.731 bits per heavy atom. The van der Waals surface area contributed by atoms with Gasteiger partial charge in [-0.3, -0.25) is 0 Å². The molecule has 0 unspecified atom stereocenters. The van der Waals surface area contributed by atoms with Gasteiger partial charge in [0.05, 0.1) is 6.61 Å². The summed E-state index contributed by atoms with van der Waals surface area (Å²) in [5.74, 6) is -2.75. The van der Waals surface area contributed by atoms with Crippen molar-refractivity contribution in [2.75, 3.05) is 6.61 Å². The van der Waals surface area contributed by atoms with Crippen LogP contribution in [0.2, 0.25) is 0 Å². The Labute approximate surface area is 151 Å². The minimum atomic E-state index is -1.07. The highest BCUT2D eigenvalue weighted by molar-refractivity contribution is 5.72. The second-order valence-corrected chi connectivity index (χ2v) is 5.92. The molecule has 3 rings (SSSR count). The maximum atomic E-state index is 14.6. The van der Waals surface area contributed by atoms with Gasteiger partial charge in [0, 0.05) is 11.1 Å². The maximum Gasteiger partial charge on any atom is 0.201 e. The van der Waals surface area contributed by atoms with Gasteiger partial charge < -0.3 is 4.74 Å². The van der Waals surface area contributed by atoms with Crippen molar-refractivity contribution in [1.29, 1.82) is 0 Å². The van der Waals surface area contributed by atoms with E-state index in [0.717, 1.165) is 17.5 Å². The highest BCUT2D eigenvalue weighted by Crippen LogP contribution is 2.32. The molecular weight excluding hydrogens is 337 g/mol. The van der Waals surface area contributed by atoms with Crippen LogP contribution in [0, 0.1) is 17.5 Å². The van der Waals surface area contributed by atoms with Crippen LogP contribution in [-0.4, -0.2) is 6.61 Å². The lowest BCUT2D eigenvalue weighted by Gasteiger charge is -2.11. The summed E-state index contributed by atoms with van der Waals surface area (Å²) in [6.45, 7) is 3.97. The Bertz CT molecular complexity index is 917. The summed E-state index contributed by atoms with van der Waals surface area (Å²) in [4.78, 5) is 0. The molecule has 0 radical (unpaired) electrons. The van der Waals surface area contributed by atoms with Crippen molar-refractivity contribution >= 4 is 0 Å². The molecule has 3 aromatic rings. The molecule has 0 fully saturated rings. The van der Waals surface area contributed by atoms with E-state index in [1.165, 1.54) is 18.2 Å². The van der Waals surface area contributed by atoms with Crippen molar-refractivity contribution < 1.29 is 17.9 Å². The third-order valence-electron chi connectivity index (χ3n) is 4.30. The average molecular weight is 356 g/mol. The maximum absolute atomic E-state index is 14.6. The highest BCUT2D eigenvalue weighted by atomic mass is 19.2. The van der Waals surface area contributed by atoms with E-state index in [0.29, 0.717) is 5.56 Å². The number of hydrogen-bond acceptors (Lipinski definition) is 1. The molecule has 0 atom stereocenters. The fourth-order valence-corrected chi connectivity index (χ4v) is 2.86. The van der Waals surface area contributed by atoms with E-state index in [4.69, 9.17) is 4.74 Å². The van der Waals surface area contributed by atoms with Gasteiger partial charge >= 0.3 is 0 Å². The van der Waals surface area contributed by atoms with Gasteiger partial charge in [0.2, 0.25) is 5.82 Å². The van der Waals surface area contributed by atoms with E-state index in [1.54, 1.807) is 19.1 Å². The second-order valence-electron chi connectivity index (χ2n) is 5.92. The molecule has 0 aliphatic heterocycles. The molecule has 0 heterocycles. The smallest absolute Gasteiger partial charge is 0.201 e. The highest BCUT2D eigenvalue weighted by Gasteiger charge is 2.17. The zero-order valence-electron chi connectivity index (χ0n) is 14.7. The summed E-state index contributed by atoms with van der Waals surface area (Å²) in [6.07, 6.45) is 0.907. The number of benzene rings is 3. The molecule has 0 amide bonds. The summed E-state index contributed by atoms with van der Waals surface area (Å²) in [7, 11) is 0. The SMILES string of the molecule is CCOc1ccc(-c2ccc(-c3ccc(CC)cc3)c(F)c2)c(F)c1F. The first-order valence-corrected chi connectivity index (χ1v) is 8.55. The molecule has 0 spiro atoms. The van der Waals surface area contributed by atoms with Crippen molar-refractivity contribution in [3.8, 4) is 28.0 Å². The molecule has 0 aliphatic rings. The van der Waals surface area contributed by atoms with E-state index in [2.05, 4.69) is 6.92 Å². The summed E-state index contributed by atoms with van der Waals surface area (Å²) < 4.78 is 48.0. The zero-order chi connectivity index (χ0) is 18.7. The Kier molecular flexibility index (Phi) is 5.31. The molecule has 26 heavy (non-hydrogen) atoms. The van der Waals surface area contributed by atoms with Gasteiger partial charge in [-0.1, -0.05) is 43.3 Å². The first kappa shape index (κ1) is 18.1. The van der Waals surface area contributed by atoms with Gasteiger partial charge in [-0.2, -0.15) is 4.39 Å². The van der Waals surface area contributed by atoms with E-state index in [9.17, 15) is 13.2 Å². The molecule has 0 saturated carbocycles. The molecule has 4 heteroatoms. The summed E-state index contributed by atoms with van der Waals surface area (Å²) in [6, 6.07) is 14.8. The zero-order valence-corrected chi connectivity index (χ0v) is 14.7. The van der Waals surface area contributed by atoms with Crippen LogP contribution in [0.25, 0.3) is 22.3 Å². The number of ether oxygens (including phenoxy) is 1. The molecule has 0 bridgehead atoms. The summed E-state index contributed by atoms with van der Waals surface area (Å²) in [5.41, 5.74) is 2.60. The summed E-state index contributed by atoms with van der Waals surface area (Å²) in [5, 5.41) is 0. The van der Waals surface area contributed by atoms with Crippen molar-refractivity contribution in [2.24, 2.45) is 0 Å². The van der Waals surface area contributed by atoms with Gasteiger partial charge in [0.25, 0.3) is 0 Å². The fourth-order valence-electron chi connectivity index (χ4n) is 2.86. The summed E-state index contributed by atoms with van der Waals surface area (Å²) >= 11 is 0. The quantitative estimate of drug-likeness (QED) is 0.514. The normalized spacial score (nSPS) is 10.8. The third kappa shape index (κ3) is 3.45. The predicted octanol–water partition coefficient (Wildman–Crippen LogP) is 6.40. The van der Waals surface area contributed by atoms with Gasteiger partial charge in [-0.25, -0.2) is 8.78 Å². The standard InChI is InChI=1S/C22H19F3O/c1-3-14-5-7-15(8-6-14)17-10-9-16(13-19(17)23)18-11-12-20(26-4-2)22(25)21(18)24/h5-13H,3-4H2,1-2H3. The lowest BCUT2D eigenvalue weighted by molar-refractivity contribution is 0.314. The lowest BCUT2D eigenvalue weighted by atomic mass is 9.98. The van der Waals surface area contributed by atoms with Gasteiger partial charge in [-0.05, 0) is 48.2 Å². The lowest BCUT2D eigenvalue weighted by Crippen LogP contribution is -1.99. The molecule has 0 aliphatic carbocycles. The van der Waals surface area contributed by atoms with E-state index in [1.807, 2.05) is 24.3 Å². The first-order valence-electron chi connectivity index (χ1n) is 8.55. The van der Waals surface area contributed by atoms with Crippen LogP contribution in [0.4, 0.5) is 13.2 Å². The van der Waals surface area contributed by atoms with Crippen LogP contribution >= 0.6 is 0 Å². The van der Waals surface area contributed by atoms with Crippen LogP contribution < -0.4 is 4.74 Å². The van der Waals surface area contributed by atoms with Gasteiger partial charge in [0.1, 0.15) is 5.82 Å². The number of halogens is 3. The van der Waals surface area contributed by atoms with E-state index < -0.39 is 17.5 Å². The minimum absolute atomic E-state index is 0.00210. The van der Waals surface area contributed by atoms with Crippen molar-refractivity contribution in [1.82, 2.24) is 0 Å². The van der Waals surface area contributed by atoms with E-state index >= 15 is 0 Å². The molecule has 134 valence electrons. The van der Waals surface area contributed by atoms with Gasteiger partial charge in [0.15, 0.2) is 11.6 Å². The molecule has 0 saturated heterocycles. The van der Waals surface area contributed by atoms with Crippen molar-refractivity contribution in [2.45, 2.75) is 20.3 Å². The average Bonchev–Trinajstić information content (AvgIpc) is 2.66. The van der Waals surface area contributed by atoms with Crippen LogP contribution in [0.3, 0.4) is 0 Å². The number of hydrogen-bond donors (Lipinski definition) is 0. The van der Waals surface area contributed by atoms with Crippen LogP contribution in [0.1, 0.15) is 19.4 Å². The van der Waals surface area contributed by atoms with Gasteiger partial charge in [-0.15, -0.1) is 0 Å². The monoisotopic (exact) mass is 356 g/mol. The Balaban J connectivity index is 1.98.